The number of methoxy groups -OCH3 is 1. The van der Waals surface area contributed by atoms with Crippen molar-refractivity contribution in [3.63, 3.8) is 0 Å². The third-order valence-corrected chi connectivity index (χ3v) is 3.24. The third-order valence-electron chi connectivity index (χ3n) is 3.24. The van der Waals surface area contributed by atoms with Gasteiger partial charge in [-0.2, -0.15) is 0 Å². The van der Waals surface area contributed by atoms with E-state index in [9.17, 15) is 0 Å². The smallest absolute Gasteiger partial charge is 0.0615 e. The average Bonchev–Trinajstić information content (AvgIpc) is 2.30. The third kappa shape index (κ3) is 7.02. The van der Waals surface area contributed by atoms with Crippen molar-refractivity contribution in [1.29, 1.82) is 0 Å². The second-order valence-corrected chi connectivity index (χ2v) is 4.78. The first-order valence-corrected chi connectivity index (χ1v) is 7.16. The van der Waals surface area contributed by atoms with E-state index in [4.69, 9.17) is 4.74 Å². The highest BCUT2D eigenvalue weighted by atomic mass is 16.5. The molecule has 0 radical (unpaired) electrons. The molecule has 0 saturated carbocycles. The first-order chi connectivity index (χ1) is 8.21. The summed E-state index contributed by atoms with van der Waals surface area (Å²) in [6.07, 6.45) is 3.71. The Morgan fingerprint density at radius 2 is 1.88 bits per heavy atom. The zero-order valence-electron chi connectivity index (χ0n) is 12.5. The van der Waals surface area contributed by atoms with Crippen LogP contribution in [0.25, 0.3) is 0 Å². The lowest BCUT2D eigenvalue weighted by molar-refractivity contribution is 0.0694. The quantitative estimate of drug-likeness (QED) is 0.565. The molecule has 0 aromatic heterocycles. The Kier molecular flexibility index (Phi) is 10.9. The van der Waals surface area contributed by atoms with Crippen LogP contribution in [0.4, 0.5) is 0 Å². The summed E-state index contributed by atoms with van der Waals surface area (Å²) < 4.78 is 5.28. The molecule has 0 rings (SSSR count). The Morgan fingerprint density at radius 3 is 2.35 bits per heavy atom. The van der Waals surface area contributed by atoms with E-state index in [1.54, 1.807) is 7.11 Å². The molecular weight excluding hydrogens is 212 g/mol. The van der Waals surface area contributed by atoms with E-state index in [1.165, 1.54) is 19.3 Å². The standard InChI is InChI=1S/C14H32N2O/c1-6-9-14(11-15-10-7-2)16(8-3)13(4)12-17-5/h13-15H,6-12H2,1-5H3. The Hall–Kier alpha value is -0.120. The maximum absolute atomic E-state index is 5.28. The van der Waals surface area contributed by atoms with Crippen molar-refractivity contribution in [2.24, 2.45) is 0 Å². The highest BCUT2D eigenvalue weighted by Gasteiger charge is 2.20. The molecule has 0 bridgehead atoms. The van der Waals surface area contributed by atoms with E-state index >= 15 is 0 Å². The highest BCUT2D eigenvalue weighted by molar-refractivity contribution is 4.77. The van der Waals surface area contributed by atoms with Crippen LogP contribution in [0.3, 0.4) is 0 Å². The predicted octanol–water partition coefficient (Wildman–Crippen LogP) is 2.51. The van der Waals surface area contributed by atoms with Crippen molar-refractivity contribution in [3.05, 3.63) is 0 Å². The Labute approximate surface area is 108 Å². The van der Waals surface area contributed by atoms with Gasteiger partial charge in [0, 0.05) is 25.7 Å². The Morgan fingerprint density at radius 1 is 1.18 bits per heavy atom. The van der Waals surface area contributed by atoms with Gasteiger partial charge < -0.3 is 10.1 Å². The molecular formula is C14H32N2O. The fourth-order valence-corrected chi connectivity index (χ4v) is 2.43. The molecule has 17 heavy (non-hydrogen) atoms. The Balaban J connectivity index is 4.28. The maximum atomic E-state index is 5.28. The summed E-state index contributed by atoms with van der Waals surface area (Å²) in [6, 6.07) is 1.15. The number of likely N-dealkylation sites (N-methyl/N-ethyl adjacent to an activating group) is 1. The van der Waals surface area contributed by atoms with Gasteiger partial charge in [-0.25, -0.2) is 0 Å². The molecule has 3 heteroatoms. The number of nitrogens with one attached hydrogen (secondary N) is 1. The first kappa shape index (κ1) is 16.9. The number of nitrogens with zero attached hydrogens (tertiary/aromatic N) is 1. The van der Waals surface area contributed by atoms with E-state index in [0.717, 1.165) is 26.2 Å². The zero-order chi connectivity index (χ0) is 13.1. The van der Waals surface area contributed by atoms with Crippen LogP contribution in [0.2, 0.25) is 0 Å². The molecule has 0 aliphatic rings. The first-order valence-electron chi connectivity index (χ1n) is 7.16. The van der Waals surface area contributed by atoms with Gasteiger partial charge in [-0.1, -0.05) is 27.2 Å². The molecule has 0 aliphatic heterocycles. The highest BCUT2D eigenvalue weighted by Crippen LogP contribution is 2.11. The Bertz CT molecular complexity index is 164. The molecule has 0 amide bonds. The predicted molar refractivity (Wildman–Crippen MR) is 75.6 cm³/mol. The zero-order valence-corrected chi connectivity index (χ0v) is 12.5. The molecule has 104 valence electrons. The minimum Gasteiger partial charge on any atom is -0.383 e. The van der Waals surface area contributed by atoms with E-state index in [1.807, 2.05) is 0 Å². The summed E-state index contributed by atoms with van der Waals surface area (Å²) in [7, 11) is 1.79. The molecule has 0 aromatic carbocycles. The van der Waals surface area contributed by atoms with E-state index in [2.05, 4.69) is 37.9 Å². The van der Waals surface area contributed by atoms with Gasteiger partial charge >= 0.3 is 0 Å². The molecule has 0 aromatic rings. The van der Waals surface area contributed by atoms with Crippen LogP contribution < -0.4 is 5.32 Å². The molecule has 1 N–H and O–H groups in total. The molecule has 0 aliphatic carbocycles. The fraction of sp³-hybridized carbons (Fsp3) is 1.00. The summed E-state index contributed by atoms with van der Waals surface area (Å²) in [5, 5.41) is 3.55. The summed E-state index contributed by atoms with van der Waals surface area (Å²) in [5.74, 6) is 0. The molecule has 0 heterocycles. The number of hydrogen-bond acceptors (Lipinski definition) is 3. The van der Waals surface area contributed by atoms with Crippen molar-refractivity contribution in [1.82, 2.24) is 10.2 Å². The van der Waals surface area contributed by atoms with Gasteiger partial charge in [0.25, 0.3) is 0 Å². The lowest BCUT2D eigenvalue weighted by Gasteiger charge is -2.35. The van der Waals surface area contributed by atoms with Gasteiger partial charge in [-0.05, 0) is 32.9 Å². The van der Waals surface area contributed by atoms with Crippen molar-refractivity contribution in [2.45, 2.75) is 59.0 Å². The van der Waals surface area contributed by atoms with Crippen LogP contribution in [-0.4, -0.2) is 50.3 Å². The largest absolute Gasteiger partial charge is 0.383 e. The van der Waals surface area contributed by atoms with Crippen LogP contribution >= 0.6 is 0 Å². The normalized spacial score (nSPS) is 15.2. The lowest BCUT2D eigenvalue weighted by Crippen LogP contribution is -2.48. The van der Waals surface area contributed by atoms with Gasteiger partial charge in [0.1, 0.15) is 0 Å². The number of hydrogen-bond donors (Lipinski definition) is 1. The summed E-state index contributed by atoms with van der Waals surface area (Å²) in [6.45, 7) is 13.1. The van der Waals surface area contributed by atoms with Gasteiger partial charge in [0.05, 0.1) is 6.61 Å². The number of ether oxygens (including phenoxy) is 1. The summed E-state index contributed by atoms with van der Waals surface area (Å²) >= 11 is 0. The van der Waals surface area contributed by atoms with Crippen LogP contribution in [0.15, 0.2) is 0 Å². The fourth-order valence-electron chi connectivity index (χ4n) is 2.43. The van der Waals surface area contributed by atoms with Gasteiger partial charge in [0.2, 0.25) is 0 Å². The molecule has 2 atom stereocenters. The monoisotopic (exact) mass is 244 g/mol. The van der Waals surface area contributed by atoms with Crippen molar-refractivity contribution in [3.8, 4) is 0 Å². The van der Waals surface area contributed by atoms with Crippen LogP contribution in [-0.2, 0) is 4.74 Å². The summed E-state index contributed by atoms with van der Waals surface area (Å²) in [5.41, 5.74) is 0. The van der Waals surface area contributed by atoms with Crippen molar-refractivity contribution in [2.75, 3.05) is 33.4 Å². The molecule has 3 nitrogen and oxygen atoms in total. The van der Waals surface area contributed by atoms with E-state index in [-0.39, 0.29) is 0 Å². The van der Waals surface area contributed by atoms with E-state index in [0.29, 0.717) is 12.1 Å². The van der Waals surface area contributed by atoms with E-state index < -0.39 is 0 Å². The molecule has 0 saturated heterocycles. The molecule has 2 unspecified atom stereocenters. The molecule has 0 fully saturated rings. The number of rotatable bonds is 11. The van der Waals surface area contributed by atoms with Crippen LogP contribution in [0.1, 0.15) is 47.0 Å². The van der Waals surface area contributed by atoms with Gasteiger partial charge in [0.15, 0.2) is 0 Å². The SMILES string of the molecule is CCCNCC(CCC)N(CC)C(C)COC. The van der Waals surface area contributed by atoms with Crippen LogP contribution in [0, 0.1) is 0 Å². The van der Waals surface area contributed by atoms with Gasteiger partial charge in [-0.15, -0.1) is 0 Å². The average molecular weight is 244 g/mol. The van der Waals surface area contributed by atoms with Crippen molar-refractivity contribution < 1.29 is 4.74 Å². The minimum absolute atomic E-state index is 0.505. The second kappa shape index (κ2) is 11.0. The topological polar surface area (TPSA) is 24.5 Å². The summed E-state index contributed by atoms with van der Waals surface area (Å²) in [4.78, 5) is 2.57. The maximum Gasteiger partial charge on any atom is 0.0615 e. The second-order valence-electron chi connectivity index (χ2n) is 4.78. The van der Waals surface area contributed by atoms with Gasteiger partial charge in [-0.3, -0.25) is 4.90 Å². The molecule has 0 spiro atoms. The van der Waals surface area contributed by atoms with Crippen molar-refractivity contribution >= 4 is 0 Å². The minimum atomic E-state index is 0.505. The lowest BCUT2D eigenvalue weighted by atomic mass is 10.1. The van der Waals surface area contributed by atoms with Crippen LogP contribution in [0.5, 0.6) is 0 Å².